The highest BCUT2D eigenvalue weighted by molar-refractivity contribution is 7.99. The smallest absolute Gasteiger partial charge is 0.0559 e. The van der Waals surface area contributed by atoms with E-state index in [-0.39, 0.29) is 9.52 Å². The average molecular weight is 239 g/mol. The first kappa shape index (κ1) is 12.8. The van der Waals surface area contributed by atoms with Crippen molar-refractivity contribution in [2.24, 2.45) is 5.73 Å². The van der Waals surface area contributed by atoms with E-state index in [1.54, 1.807) is 5.19 Å². The summed E-state index contributed by atoms with van der Waals surface area (Å²) in [5.41, 5.74) is 8.42. The van der Waals surface area contributed by atoms with Crippen LogP contribution < -0.4 is 10.9 Å². The van der Waals surface area contributed by atoms with Gasteiger partial charge in [0.15, 0.2) is 0 Å². The third-order valence-electron chi connectivity index (χ3n) is 2.71. The largest absolute Gasteiger partial charge is 0.330 e. The Kier molecular flexibility index (Phi) is 6.06. The number of rotatable bonds is 6. The van der Waals surface area contributed by atoms with Gasteiger partial charge in [0, 0.05) is 12.3 Å². The molecule has 0 spiro atoms. The molecule has 0 bridgehead atoms. The highest BCUT2D eigenvalue weighted by Gasteiger charge is 2.00. The van der Waals surface area contributed by atoms with Crippen molar-refractivity contribution in [3.8, 4) is 0 Å². The van der Waals surface area contributed by atoms with Gasteiger partial charge in [0.25, 0.3) is 0 Å². The second-order valence-corrected chi connectivity index (χ2v) is 7.06. The number of benzene rings is 1. The van der Waals surface area contributed by atoms with E-state index in [2.05, 4.69) is 32.0 Å². The zero-order valence-corrected chi connectivity index (χ0v) is 12.0. The summed E-state index contributed by atoms with van der Waals surface area (Å²) >= 11 is 1.99. The van der Waals surface area contributed by atoms with Crippen LogP contribution in [0.15, 0.2) is 18.2 Å². The van der Waals surface area contributed by atoms with Gasteiger partial charge in [-0.3, -0.25) is 0 Å². The molecule has 1 aromatic carbocycles. The van der Waals surface area contributed by atoms with Gasteiger partial charge in [-0.15, -0.1) is 0 Å². The summed E-state index contributed by atoms with van der Waals surface area (Å²) in [7, 11) is -0.0514. The third-order valence-corrected chi connectivity index (χ3v) is 6.34. The SMILES string of the molecule is Cc1cccc([SiH2]CCSCCN)c1C. The summed E-state index contributed by atoms with van der Waals surface area (Å²) in [6.07, 6.45) is 0. The fraction of sp³-hybridized carbons (Fsp3) is 0.500. The van der Waals surface area contributed by atoms with Gasteiger partial charge in [-0.2, -0.15) is 11.8 Å². The molecule has 0 heterocycles. The topological polar surface area (TPSA) is 26.0 Å². The van der Waals surface area contributed by atoms with Crippen LogP contribution in [0.1, 0.15) is 11.1 Å². The van der Waals surface area contributed by atoms with Gasteiger partial charge in [-0.1, -0.05) is 23.4 Å². The molecule has 84 valence electrons. The Bertz CT molecular complexity index is 302. The van der Waals surface area contributed by atoms with Gasteiger partial charge < -0.3 is 5.73 Å². The Labute approximate surface area is 99.7 Å². The summed E-state index contributed by atoms with van der Waals surface area (Å²) in [5, 5.41) is 1.64. The molecule has 1 aromatic rings. The van der Waals surface area contributed by atoms with Crippen LogP contribution in [0.25, 0.3) is 0 Å². The van der Waals surface area contributed by atoms with Crippen LogP contribution >= 0.6 is 11.8 Å². The van der Waals surface area contributed by atoms with E-state index in [9.17, 15) is 0 Å². The van der Waals surface area contributed by atoms with Crippen molar-refractivity contribution >= 4 is 26.5 Å². The van der Waals surface area contributed by atoms with E-state index in [1.807, 2.05) is 11.8 Å². The van der Waals surface area contributed by atoms with Crippen molar-refractivity contribution in [3.63, 3.8) is 0 Å². The van der Waals surface area contributed by atoms with Crippen molar-refractivity contribution in [1.29, 1.82) is 0 Å². The van der Waals surface area contributed by atoms with E-state index in [4.69, 9.17) is 5.73 Å². The Balaban J connectivity index is 2.34. The molecular weight excluding hydrogens is 218 g/mol. The molecule has 0 fully saturated rings. The molecule has 0 radical (unpaired) electrons. The van der Waals surface area contributed by atoms with E-state index < -0.39 is 0 Å². The highest BCUT2D eigenvalue weighted by Crippen LogP contribution is 2.04. The maximum absolute atomic E-state index is 5.46. The number of aryl methyl sites for hydroxylation is 1. The van der Waals surface area contributed by atoms with Crippen molar-refractivity contribution in [2.75, 3.05) is 18.1 Å². The summed E-state index contributed by atoms with van der Waals surface area (Å²) < 4.78 is 0. The predicted molar refractivity (Wildman–Crippen MR) is 75.3 cm³/mol. The van der Waals surface area contributed by atoms with Crippen LogP contribution in [0.5, 0.6) is 0 Å². The van der Waals surface area contributed by atoms with Crippen LogP contribution in [0, 0.1) is 13.8 Å². The lowest BCUT2D eigenvalue weighted by Crippen LogP contribution is -2.18. The van der Waals surface area contributed by atoms with Crippen LogP contribution in [-0.2, 0) is 0 Å². The van der Waals surface area contributed by atoms with Gasteiger partial charge in [0.2, 0.25) is 0 Å². The Morgan fingerprint density at radius 3 is 2.80 bits per heavy atom. The van der Waals surface area contributed by atoms with Crippen molar-refractivity contribution in [2.45, 2.75) is 19.9 Å². The van der Waals surface area contributed by atoms with Gasteiger partial charge in [0.1, 0.15) is 0 Å². The number of nitrogens with two attached hydrogens (primary N) is 1. The monoisotopic (exact) mass is 239 g/mol. The number of hydrogen-bond acceptors (Lipinski definition) is 2. The molecule has 0 aliphatic heterocycles. The fourth-order valence-electron chi connectivity index (χ4n) is 1.63. The van der Waals surface area contributed by atoms with Crippen molar-refractivity contribution in [3.05, 3.63) is 29.3 Å². The quantitative estimate of drug-likeness (QED) is 0.596. The Morgan fingerprint density at radius 1 is 1.27 bits per heavy atom. The fourth-order valence-corrected chi connectivity index (χ4v) is 4.73. The second kappa shape index (κ2) is 7.09. The summed E-state index contributed by atoms with van der Waals surface area (Å²) in [6.45, 7) is 5.27. The lowest BCUT2D eigenvalue weighted by molar-refractivity contribution is 1.15. The van der Waals surface area contributed by atoms with Crippen LogP contribution in [0.4, 0.5) is 0 Å². The van der Waals surface area contributed by atoms with E-state index >= 15 is 0 Å². The van der Waals surface area contributed by atoms with Crippen LogP contribution in [-0.4, -0.2) is 27.6 Å². The normalized spacial score (nSPS) is 11.4. The van der Waals surface area contributed by atoms with Crippen molar-refractivity contribution in [1.82, 2.24) is 0 Å². The van der Waals surface area contributed by atoms with Gasteiger partial charge in [-0.25, -0.2) is 0 Å². The molecule has 2 N–H and O–H groups in total. The minimum atomic E-state index is -0.0514. The molecule has 0 saturated heterocycles. The van der Waals surface area contributed by atoms with Crippen LogP contribution in [0.2, 0.25) is 6.04 Å². The molecule has 1 nitrogen and oxygen atoms in total. The minimum absolute atomic E-state index is 0.0514. The Hall–Kier alpha value is -0.253. The first-order valence-corrected chi connectivity index (χ1v) is 8.44. The Morgan fingerprint density at radius 2 is 2.07 bits per heavy atom. The molecule has 0 aliphatic rings. The highest BCUT2D eigenvalue weighted by atomic mass is 32.2. The molecule has 0 aliphatic carbocycles. The van der Waals surface area contributed by atoms with Crippen LogP contribution in [0.3, 0.4) is 0 Å². The average Bonchev–Trinajstić information content (AvgIpc) is 2.24. The molecule has 3 heteroatoms. The summed E-state index contributed by atoms with van der Waals surface area (Å²) in [4.78, 5) is 0. The standard InChI is InChI=1S/C12H21NSSi/c1-10-4-3-5-12(11(10)2)15-9-8-14-7-6-13/h3-5H,6-9,13,15H2,1-2H3. The molecule has 0 saturated carbocycles. The first-order valence-electron chi connectivity index (χ1n) is 5.58. The zero-order valence-electron chi connectivity index (χ0n) is 9.75. The number of thioether (sulfide) groups is 1. The minimum Gasteiger partial charge on any atom is -0.330 e. The van der Waals surface area contributed by atoms with Crippen molar-refractivity contribution < 1.29 is 0 Å². The van der Waals surface area contributed by atoms with Gasteiger partial charge in [-0.05, 0) is 36.8 Å². The molecule has 0 unspecified atom stereocenters. The maximum Gasteiger partial charge on any atom is 0.0559 e. The molecule has 15 heavy (non-hydrogen) atoms. The van der Waals surface area contributed by atoms with E-state index in [1.165, 1.54) is 22.9 Å². The van der Waals surface area contributed by atoms with E-state index in [0.29, 0.717) is 0 Å². The second-order valence-electron chi connectivity index (χ2n) is 3.86. The zero-order chi connectivity index (χ0) is 11.1. The molecule has 1 rings (SSSR count). The van der Waals surface area contributed by atoms with Gasteiger partial charge in [0.05, 0.1) is 9.52 Å². The predicted octanol–water partition coefficient (Wildman–Crippen LogP) is 1.21. The lowest BCUT2D eigenvalue weighted by atomic mass is 10.1. The third kappa shape index (κ3) is 4.41. The molecule has 0 amide bonds. The molecule has 0 aromatic heterocycles. The van der Waals surface area contributed by atoms with E-state index in [0.717, 1.165) is 12.3 Å². The maximum atomic E-state index is 5.46. The lowest BCUT2D eigenvalue weighted by Gasteiger charge is -2.07. The number of hydrogen-bond donors (Lipinski definition) is 1. The van der Waals surface area contributed by atoms with Gasteiger partial charge >= 0.3 is 0 Å². The summed E-state index contributed by atoms with van der Waals surface area (Å²) in [6, 6.07) is 8.10. The first-order chi connectivity index (χ1) is 7.25. The molecule has 0 atom stereocenters. The summed E-state index contributed by atoms with van der Waals surface area (Å²) in [5.74, 6) is 2.40. The molecular formula is C12H21NSSi.